The van der Waals surface area contributed by atoms with E-state index in [0.717, 1.165) is 13.0 Å². The second-order valence-corrected chi connectivity index (χ2v) is 4.42. The van der Waals surface area contributed by atoms with E-state index in [4.69, 9.17) is 10.4 Å². The maximum Gasteiger partial charge on any atom is 0.317 e. The Hall–Kier alpha value is -1.08. The molecule has 0 radical (unpaired) electrons. The number of nitrogens with zero attached hydrogens (tertiary/aromatic N) is 2. The largest absolute Gasteiger partial charge is 0.480 e. The molecule has 0 bridgehead atoms. The third-order valence-electron chi connectivity index (χ3n) is 2.25. The van der Waals surface area contributed by atoms with Crippen molar-refractivity contribution in [1.29, 1.82) is 5.26 Å². The van der Waals surface area contributed by atoms with E-state index in [-0.39, 0.29) is 12.0 Å². The number of aliphatic carboxylic acids is 1. The third kappa shape index (κ3) is 6.92. The molecule has 0 aromatic carbocycles. The first-order valence-corrected chi connectivity index (χ1v) is 5.26. The molecule has 4 nitrogen and oxygen atoms in total. The van der Waals surface area contributed by atoms with Crippen LogP contribution < -0.4 is 0 Å². The Bertz CT molecular complexity index is 243. The van der Waals surface area contributed by atoms with Gasteiger partial charge in [0.05, 0.1) is 18.0 Å². The zero-order valence-electron chi connectivity index (χ0n) is 9.79. The van der Waals surface area contributed by atoms with Gasteiger partial charge in [0.1, 0.15) is 0 Å². The fourth-order valence-corrected chi connectivity index (χ4v) is 1.27. The first kappa shape index (κ1) is 13.9. The second-order valence-electron chi connectivity index (χ2n) is 4.42. The lowest BCUT2D eigenvalue weighted by molar-refractivity contribution is -0.138. The molecule has 0 spiro atoms. The molecule has 0 fully saturated rings. The fourth-order valence-electron chi connectivity index (χ4n) is 1.27. The lowest BCUT2D eigenvalue weighted by Gasteiger charge is -2.23. The molecular weight excluding hydrogens is 192 g/mol. The Balaban J connectivity index is 4.07. The molecule has 4 heteroatoms. The average molecular weight is 212 g/mol. The molecule has 0 amide bonds. The Morgan fingerprint density at radius 2 is 2.07 bits per heavy atom. The van der Waals surface area contributed by atoms with Crippen LogP contribution in [0.5, 0.6) is 0 Å². The average Bonchev–Trinajstić information content (AvgIpc) is 2.14. The van der Waals surface area contributed by atoms with Crippen LogP contribution in [0.15, 0.2) is 0 Å². The van der Waals surface area contributed by atoms with Gasteiger partial charge in [-0.05, 0) is 33.2 Å². The van der Waals surface area contributed by atoms with Gasteiger partial charge in [-0.15, -0.1) is 0 Å². The highest BCUT2D eigenvalue weighted by Gasteiger charge is 2.18. The van der Waals surface area contributed by atoms with Gasteiger partial charge in [-0.2, -0.15) is 5.26 Å². The van der Waals surface area contributed by atoms with Crippen molar-refractivity contribution in [3.05, 3.63) is 0 Å². The number of nitriles is 1. The minimum Gasteiger partial charge on any atom is -0.480 e. The molecular formula is C11H20N2O2. The van der Waals surface area contributed by atoms with Crippen molar-refractivity contribution < 1.29 is 9.90 Å². The zero-order chi connectivity index (χ0) is 11.9. The summed E-state index contributed by atoms with van der Waals surface area (Å²) in [7, 11) is 0. The molecule has 0 aliphatic rings. The Morgan fingerprint density at radius 3 is 2.47 bits per heavy atom. The Kier molecular flexibility index (Phi) is 5.95. The van der Waals surface area contributed by atoms with Gasteiger partial charge in [-0.1, -0.05) is 6.92 Å². The predicted octanol–water partition coefficient (Wildman–Crippen LogP) is 1.72. The summed E-state index contributed by atoms with van der Waals surface area (Å²) < 4.78 is 0. The lowest BCUT2D eigenvalue weighted by atomic mass is 9.91. The summed E-state index contributed by atoms with van der Waals surface area (Å²) in [6.45, 7) is 7.27. The monoisotopic (exact) mass is 212 g/mol. The minimum atomic E-state index is -0.807. The van der Waals surface area contributed by atoms with Crippen molar-refractivity contribution in [3.63, 3.8) is 0 Å². The maximum absolute atomic E-state index is 10.6. The first-order chi connectivity index (χ1) is 6.91. The van der Waals surface area contributed by atoms with E-state index in [1.807, 2.05) is 25.7 Å². The summed E-state index contributed by atoms with van der Waals surface area (Å²) in [4.78, 5) is 12.4. The van der Waals surface area contributed by atoms with Gasteiger partial charge in [-0.25, -0.2) is 0 Å². The van der Waals surface area contributed by atoms with E-state index in [1.165, 1.54) is 0 Å². The minimum absolute atomic E-state index is 0.0648. The molecule has 0 aliphatic carbocycles. The van der Waals surface area contributed by atoms with Crippen LogP contribution in [0.1, 0.15) is 33.6 Å². The Labute approximate surface area is 91.5 Å². The standard InChI is InChI=1S/C11H20N2O2/c1-4-6-13(8-10(14)15)7-5-11(2,3)9-12/h4-8H2,1-3H3,(H,14,15). The van der Waals surface area contributed by atoms with Crippen LogP contribution in [-0.4, -0.2) is 35.6 Å². The Morgan fingerprint density at radius 1 is 1.47 bits per heavy atom. The van der Waals surface area contributed by atoms with Crippen molar-refractivity contribution in [2.24, 2.45) is 5.41 Å². The summed E-state index contributed by atoms with van der Waals surface area (Å²) in [6, 6.07) is 2.22. The third-order valence-corrected chi connectivity index (χ3v) is 2.25. The van der Waals surface area contributed by atoms with Crippen molar-refractivity contribution in [1.82, 2.24) is 4.90 Å². The quantitative estimate of drug-likeness (QED) is 0.698. The topological polar surface area (TPSA) is 64.3 Å². The molecule has 0 unspecified atom stereocenters. The number of hydrogen-bond acceptors (Lipinski definition) is 3. The highest BCUT2D eigenvalue weighted by molar-refractivity contribution is 5.69. The van der Waals surface area contributed by atoms with Crippen LogP contribution in [0.3, 0.4) is 0 Å². The molecule has 15 heavy (non-hydrogen) atoms. The number of rotatable bonds is 7. The van der Waals surface area contributed by atoms with Crippen LogP contribution in [0.4, 0.5) is 0 Å². The number of hydrogen-bond donors (Lipinski definition) is 1. The van der Waals surface area contributed by atoms with E-state index < -0.39 is 5.97 Å². The van der Waals surface area contributed by atoms with Crippen molar-refractivity contribution in [2.75, 3.05) is 19.6 Å². The molecule has 0 aromatic rings. The number of carboxylic acids is 1. The van der Waals surface area contributed by atoms with Crippen molar-refractivity contribution in [2.45, 2.75) is 33.6 Å². The fraction of sp³-hybridized carbons (Fsp3) is 0.818. The van der Waals surface area contributed by atoms with Crippen molar-refractivity contribution in [3.8, 4) is 6.07 Å². The molecule has 0 aromatic heterocycles. The van der Waals surface area contributed by atoms with Gasteiger partial charge < -0.3 is 5.11 Å². The zero-order valence-corrected chi connectivity index (χ0v) is 9.79. The van der Waals surface area contributed by atoms with E-state index >= 15 is 0 Å². The van der Waals surface area contributed by atoms with Crippen LogP contribution in [0.2, 0.25) is 0 Å². The smallest absolute Gasteiger partial charge is 0.317 e. The molecule has 0 rings (SSSR count). The summed E-state index contributed by atoms with van der Waals surface area (Å²) >= 11 is 0. The van der Waals surface area contributed by atoms with Gasteiger partial charge >= 0.3 is 5.97 Å². The summed E-state index contributed by atoms with van der Waals surface area (Å²) in [5, 5.41) is 17.5. The van der Waals surface area contributed by atoms with Gasteiger partial charge in [-0.3, -0.25) is 9.69 Å². The van der Waals surface area contributed by atoms with Crippen molar-refractivity contribution >= 4 is 5.97 Å². The molecule has 0 atom stereocenters. The van der Waals surface area contributed by atoms with E-state index in [0.29, 0.717) is 13.0 Å². The van der Waals surface area contributed by atoms with Gasteiger partial charge in [0.15, 0.2) is 0 Å². The van der Waals surface area contributed by atoms with Crippen LogP contribution in [0.25, 0.3) is 0 Å². The van der Waals surface area contributed by atoms with Gasteiger partial charge in [0.2, 0.25) is 0 Å². The number of carbonyl (C=O) groups is 1. The van der Waals surface area contributed by atoms with E-state index in [9.17, 15) is 4.79 Å². The molecule has 0 aliphatic heterocycles. The van der Waals surface area contributed by atoms with Gasteiger partial charge in [0.25, 0.3) is 0 Å². The van der Waals surface area contributed by atoms with Crippen LogP contribution >= 0.6 is 0 Å². The van der Waals surface area contributed by atoms with E-state index in [1.54, 1.807) is 0 Å². The molecule has 0 saturated heterocycles. The molecule has 0 heterocycles. The summed E-state index contributed by atoms with van der Waals surface area (Å²) in [5.74, 6) is -0.807. The summed E-state index contributed by atoms with van der Waals surface area (Å²) in [6.07, 6.45) is 1.64. The normalized spacial score (nSPS) is 11.4. The second kappa shape index (κ2) is 6.41. The van der Waals surface area contributed by atoms with Crippen LogP contribution in [-0.2, 0) is 4.79 Å². The van der Waals surface area contributed by atoms with Gasteiger partial charge in [0, 0.05) is 6.54 Å². The maximum atomic E-state index is 10.6. The summed E-state index contributed by atoms with van der Waals surface area (Å²) in [5.41, 5.74) is -0.371. The van der Waals surface area contributed by atoms with E-state index in [2.05, 4.69) is 6.07 Å². The number of carboxylic acid groups (broad SMARTS) is 1. The highest BCUT2D eigenvalue weighted by atomic mass is 16.4. The molecule has 0 saturated carbocycles. The first-order valence-electron chi connectivity index (χ1n) is 5.26. The highest BCUT2D eigenvalue weighted by Crippen LogP contribution is 2.18. The SMILES string of the molecule is CCCN(CCC(C)(C)C#N)CC(=O)O. The predicted molar refractivity (Wildman–Crippen MR) is 58.4 cm³/mol. The lowest BCUT2D eigenvalue weighted by Crippen LogP contribution is -2.33. The molecule has 86 valence electrons. The molecule has 1 N–H and O–H groups in total. The van der Waals surface area contributed by atoms with Crippen LogP contribution in [0, 0.1) is 16.7 Å².